The summed E-state index contributed by atoms with van der Waals surface area (Å²) in [5.41, 5.74) is 1.90. The molecular weight excluding hydrogens is 220 g/mol. The monoisotopic (exact) mass is 238 g/mol. The lowest BCUT2D eigenvalue weighted by Gasteiger charge is -2.21. The van der Waals surface area contributed by atoms with E-state index >= 15 is 0 Å². The highest BCUT2D eigenvalue weighted by Gasteiger charge is 2.40. The Morgan fingerprint density at radius 1 is 1.62 bits per heavy atom. The van der Waals surface area contributed by atoms with Gasteiger partial charge in [-0.2, -0.15) is 0 Å². The van der Waals surface area contributed by atoms with E-state index in [-0.39, 0.29) is 0 Å². The van der Waals surface area contributed by atoms with Crippen LogP contribution in [0.1, 0.15) is 37.1 Å². The molecule has 0 amide bonds. The van der Waals surface area contributed by atoms with Gasteiger partial charge >= 0.3 is 0 Å². The first-order valence-electron chi connectivity index (χ1n) is 6.10. The summed E-state index contributed by atoms with van der Waals surface area (Å²) in [7, 11) is 0. The SMILES string of the molecule is CC(NCC1CC2CCC1O2)c1cncs1. The van der Waals surface area contributed by atoms with Gasteiger partial charge in [-0.05, 0) is 26.2 Å². The van der Waals surface area contributed by atoms with Crippen molar-refractivity contribution in [3.05, 3.63) is 16.6 Å². The fourth-order valence-electron chi connectivity index (χ4n) is 2.83. The smallest absolute Gasteiger partial charge is 0.0794 e. The van der Waals surface area contributed by atoms with Crippen molar-refractivity contribution in [2.75, 3.05) is 6.54 Å². The summed E-state index contributed by atoms with van der Waals surface area (Å²) in [4.78, 5) is 5.44. The standard InChI is InChI=1S/C12H18N2OS/c1-8(12-6-13-7-16-12)14-5-9-4-10-2-3-11(9)15-10/h6-11,14H,2-5H2,1H3. The quantitative estimate of drug-likeness (QED) is 0.874. The number of thiazole rings is 1. The van der Waals surface area contributed by atoms with Gasteiger partial charge in [0.25, 0.3) is 0 Å². The average molecular weight is 238 g/mol. The first kappa shape index (κ1) is 10.7. The lowest BCUT2D eigenvalue weighted by atomic mass is 9.89. The zero-order valence-electron chi connectivity index (χ0n) is 9.56. The maximum atomic E-state index is 5.86. The van der Waals surface area contributed by atoms with Gasteiger partial charge in [0.2, 0.25) is 0 Å². The molecule has 2 bridgehead atoms. The molecule has 2 saturated heterocycles. The van der Waals surface area contributed by atoms with Crippen molar-refractivity contribution < 1.29 is 4.74 Å². The topological polar surface area (TPSA) is 34.1 Å². The first-order valence-corrected chi connectivity index (χ1v) is 6.98. The van der Waals surface area contributed by atoms with Crippen LogP contribution in [0.15, 0.2) is 11.7 Å². The molecule has 4 atom stereocenters. The molecule has 16 heavy (non-hydrogen) atoms. The van der Waals surface area contributed by atoms with E-state index in [0.29, 0.717) is 18.2 Å². The van der Waals surface area contributed by atoms with Crippen molar-refractivity contribution in [3.8, 4) is 0 Å². The van der Waals surface area contributed by atoms with Crippen LogP contribution in [-0.2, 0) is 4.74 Å². The number of nitrogens with zero attached hydrogens (tertiary/aromatic N) is 1. The van der Waals surface area contributed by atoms with Gasteiger partial charge in [0, 0.05) is 29.6 Å². The largest absolute Gasteiger partial charge is 0.375 e. The van der Waals surface area contributed by atoms with Crippen molar-refractivity contribution in [2.24, 2.45) is 5.92 Å². The molecule has 2 fully saturated rings. The number of aromatic nitrogens is 1. The normalized spacial score (nSPS) is 34.4. The molecule has 0 aliphatic carbocycles. The number of ether oxygens (including phenoxy) is 1. The zero-order valence-corrected chi connectivity index (χ0v) is 10.4. The van der Waals surface area contributed by atoms with Gasteiger partial charge in [-0.15, -0.1) is 11.3 Å². The molecule has 0 radical (unpaired) electrons. The lowest BCUT2D eigenvalue weighted by molar-refractivity contribution is 0.0921. The second-order valence-electron chi connectivity index (χ2n) is 4.90. The van der Waals surface area contributed by atoms with Gasteiger partial charge in [0.15, 0.2) is 0 Å². The summed E-state index contributed by atoms with van der Waals surface area (Å²) < 4.78 is 5.86. The third-order valence-corrected chi connectivity index (χ3v) is 4.75. The predicted octanol–water partition coefficient (Wildman–Crippen LogP) is 2.36. The molecular formula is C12H18N2OS. The minimum atomic E-state index is 0.423. The molecule has 3 nitrogen and oxygen atoms in total. The molecule has 4 heteroatoms. The molecule has 4 unspecified atom stereocenters. The van der Waals surface area contributed by atoms with Crippen LogP contribution in [0.4, 0.5) is 0 Å². The molecule has 1 aromatic rings. The van der Waals surface area contributed by atoms with Crippen LogP contribution in [0.25, 0.3) is 0 Å². The minimum absolute atomic E-state index is 0.423. The summed E-state index contributed by atoms with van der Waals surface area (Å²) in [5.74, 6) is 0.731. The Morgan fingerprint density at radius 2 is 2.56 bits per heavy atom. The van der Waals surface area contributed by atoms with Gasteiger partial charge in [0.1, 0.15) is 0 Å². The maximum Gasteiger partial charge on any atom is 0.0794 e. The Bertz CT molecular complexity index is 341. The van der Waals surface area contributed by atoms with Crippen LogP contribution in [0, 0.1) is 5.92 Å². The number of fused-ring (bicyclic) bond motifs is 2. The van der Waals surface area contributed by atoms with Crippen molar-refractivity contribution in [3.63, 3.8) is 0 Å². The zero-order chi connectivity index (χ0) is 11.0. The average Bonchev–Trinajstić information content (AvgIpc) is 3.01. The predicted molar refractivity (Wildman–Crippen MR) is 64.5 cm³/mol. The third-order valence-electron chi connectivity index (χ3n) is 3.80. The third kappa shape index (κ3) is 2.01. The van der Waals surface area contributed by atoms with Crippen molar-refractivity contribution in [2.45, 2.75) is 44.4 Å². The molecule has 3 heterocycles. The molecule has 1 aromatic heterocycles. The summed E-state index contributed by atoms with van der Waals surface area (Å²) in [6.45, 7) is 3.29. The Morgan fingerprint density at radius 3 is 3.19 bits per heavy atom. The van der Waals surface area contributed by atoms with Gasteiger partial charge < -0.3 is 10.1 Å². The van der Waals surface area contributed by atoms with Gasteiger partial charge in [-0.1, -0.05) is 0 Å². The summed E-state index contributed by atoms with van der Waals surface area (Å²) >= 11 is 1.72. The van der Waals surface area contributed by atoms with Crippen LogP contribution >= 0.6 is 11.3 Å². The van der Waals surface area contributed by atoms with E-state index in [1.54, 1.807) is 11.3 Å². The molecule has 0 aromatic carbocycles. The fourth-order valence-corrected chi connectivity index (χ4v) is 3.48. The number of rotatable bonds is 4. The van der Waals surface area contributed by atoms with E-state index in [0.717, 1.165) is 12.5 Å². The highest BCUT2D eigenvalue weighted by molar-refractivity contribution is 7.09. The molecule has 88 valence electrons. The van der Waals surface area contributed by atoms with E-state index in [4.69, 9.17) is 4.74 Å². The van der Waals surface area contributed by atoms with E-state index in [2.05, 4.69) is 17.2 Å². The van der Waals surface area contributed by atoms with Crippen molar-refractivity contribution >= 4 is 11.3 Å². The van der Waals surface area contributed by atoms with Gasteiger partial charge in [0.05, 0.1) is 17.7 Å². The van der Waals surface area contributed by atoms with E-state index in [1.807, 2.05) is 11.7 Å². The molecule has 2 aliphatic rings. The Hall–Kier alpha value is -0.450. The first-order chi connectivity index (χ1) is 7.83. The van der Waals surface area contributed by atoms with Crippen molar-refractivity contribution in [1.82, 2.24) is 10.3 Å². The molecule has 0 saturated carbocycles. The fraction of sp³-hybridized carbons (Fsp3) is 0.750. The van der Waals surface area contributed by atoms with Crippen LogP contribution < -0.4 is 5.32 Å². The Balaban J connectivity index is 1.50. The second kappa shape index (κ2) is 4.43. The van der Waals surface area contributed by atoms with E-state index in [9.17, 15) is 0 Å². The van der Waals surface area contributed by atoms with Crippen LogP contribution in [0.5, 0.6) is 0 Å². The molecule has 1 N–H and O–H groups in total. The van der Waals surface area contributed by atoms with Gasteiger partial charge in [-0.25, -0.2) is 0 Å². The van der Waals surface area contributed by atoms with Gasteiger partial charge in [-0.3, -0.25) is 4.98 Å². The number of hydrogen-bond acceptors (Lipinski definition) is 4. The maximum absolute atomic E-state index is 5.86. The summed E-state index contributed by atoms with van der Waals surface area (Å²) in [5, 5.41) is 3.60. The lowest BCUT2D eigenvalue weighted by Crippen LogP contribution is -2.30. The molecule has 3 rings (SSSR count). The minimum Gasteiger partial charge on any atom is -0.375 e. The summed E-state index contributed by atoms with van der Waals surface area (Å²) in [6.07, 6.45) is 6.87. The second-order valence-corrected chi connectivity index (χ2v) is 5.82. The highest BCUT2D eigenvalue weighted by atomic mass is 32.1. The van der Waals surface area contributed by atoms with Crippen LogP contribution in [-0.4, -0.2) is 23.7 Å². The highest BCUT2D eigenvalue weighted by Crippen LogP contribution is 2.38. The summed E-state index contributed by atoms with van der Waals surface area (Å²) in [6, 6.07) is 0.423. The Kier molecular flexibility index (Phi) is 2.96. The molecule has 2 aliphatic heterocycles. The van der Waals surface area contributed by atoms with E-state index in [1.165, 1.54) is 24.1 Å². The number of hydrogen-bond donors (Lipinski definition) is 1. The molecule has 0 spiro atoms. The van der Waals surface area contributed by atoms with Crippen molar-refractivity contribution in [1.29, 1.82) is 0 Å². The Labute approximate surface area is 100 Å². The van der Waals surface area contributed by atoms with Crippen LogP contribution in [0.3, 0.4) is 0 Å². The van der Waals surface area contributed by atoms with E-state index < -0.39 is 0 Å². The van der Waals surface area contributed by atoms with Crippen LogP contribution in [0.2, 0.25) is 0 Å². The number of nitrogens with one attached hydrogen (secondary N) is 1.